The summed E-state index contributed by atoms with van der Waals surface area (Å²) in [5, 5.41) is 2.87. The molecule has 0 aliphatic rings. The number of anilines is 1. The van der Waals surface area contributed by atoms with Crippen LogP contribution in [0, 0.1) is 0 Å². The second-order valence-electron chi connectivity index (χ2n) is 6.15. The normalized spacial score (nSPS) is 12.3. The van der Waals surface area contributed by atoms with E-state index in [-0.39, 0.29) is 17.6 Å². The van der Waals surface area contributed by atoms with Crippen molar-refractivity contribution in [3.05, 3.63) is 59.0 Å². The Labute approximate surface area is 151 Å². The molecule has 3 aromatic rings. The van der Waals surface area contributed by atoms with Crippen LogP contribution >= 0.6 is 0 Å². The topological polar surface area (TPSA) is 90.2 Å². The predicted molar refractivity (Wildman–Crippen MR) is 102 cm³/mol. The molecule has 0 aliphatic heterocycles. The van der Waals surface area contributed by atoms with Crippen LogP contribution in [0.4, 0.5) is 5.69 Å². The molecule has 2 aromatic carbocycles. The van der Waals surface area contributed by atoms with Crippen LogP contribution in [0.2, 0.25) is 0 Å². The van der Waals surface area contributed by atoms with Gasteiger partial charge in [0, 0.05) is 12.2 Å². The number of nitrogens with one attached hydrogen (secondary N) is 3. The molecular formula is C19H22N4O3. The van der Waals surface area contributed by atoms with E-state index in [1.54, 1.807) is 18.2 Å². The van der Waals surface area contributed by atoms with E-state index in [0.29, 0.717) is 29.9 Å². The lowest BCUT2D eigenvalue weighted by Gasteiger charge is -2.23. The first-order valence-electron chi connectivity index (χ1n) is 8.44. The molecule has 0 saturated heterocycles. The van der Waals surface area contributed by atoms with Gasteiger partial charge in [-0.1, -0.05) is 18.2 Å². The second-order valence-corrected chi connectivity index (χ2v) is 6.15. The number of para-hydroxylation sites is 1. The minimum absolute atomic E-state index is 0.121. The first-order valence-corrected chi connectivity index (χ1v) is 8.44. The van der Waals surface area contributed by atoms with Gasteiger partial charge in [0.05, 0.1) is 17.1 Å². The lowest BCUT2D eigenvalue weighted by molar-refractivity contribution is -0.120. The van der Waals surface area contributed by atoms with E-state index in [9.17, 15) is 9.59 Å². The third kappa shape index (κ3) is 4.31. The number of hydrogen-bond donors (Lipinski definition) is 3. The Bertz CT molecular complexity index is 933. The first kappa shape index (κ1) is 17.8. The fraction of sp³-hybridized carbons (Fsp3) is 0.263. The van der Waals surface area contributed by atoms with Crippen LogP contribution in [0.5, 0.6) is 5.75 Å². The molecule has 1 amide bonds. The number of amides is 1. The quantitative estimate of drug-likeness (QED) is 0.607. The van der Waals surface area contributed by atoms with Gasteiger partial charge in [-0.15, -0.1) is 0 Å². The van der Waals surface area contributed by atoms with Crippen molar-refractivity contribution in [2.75, 3.05) is 25.5 Å². The van der Waals surface area contributed by atoms with Gasteiger partial charge in [-0.05, 0) is 44.3 Å². The van der Waals surface area contributed by atoms with Crippen molar-refractivity contribution in [2.24, 2.45) is 0 Å². The summed E-state index contributed by atoms with van der Waals surface area (Å²) in [6.45, 7) is 2.96. The van der Waals surface area contributed by atoms with Crippen molar-refractivity contribution >= 4 is 22.6 Å². The molecule has 7 nitrogen and oxygen atoms in total. The molecule has 0 aliphatic carbocycles. The van der Waals surface area contributed by atoms with Crippen molar-refractivity contribution in [2.45, 2.75) is 13.0 Å². The van der Waals surface area contributed by atoms with Crippen LogP contribution in [0.3, 0.4) is 0 Å². The van der Waals surface area contributed by atoms with Gasteiger partial charge in [-0.2, -0.15) is 0 Å². The molecule has 7 heteroatoms. The van der Waals surface area contributed by atoms with Crippen LogP contribution in [0.25, 0.3) is 11.0 Å². The van der Waals surface area contributed by atoms with Crippen LogP contribution in [-0.2, 0) is 4.79 Å². The summed E-state index contributed by atoms with van der Waals surface area (Å²) in [6, 6.07) is 14.5. The van der Waals surface area contributed by atoms with E-state index >= 15 is 0 Å². The van der Waals surface area contributed by atoms with E-state index in [1.165, 1.54) is 0 Å². The molecule has 1 atom stereocenters. The highest BCUT2D eigenvalue weighted by Crippen LogP contribution is 2.15. The minimum atomic E-state index is -0.324. The van der Waals surface area contributed by atoms with Gasteiger partial charge < -0.3 is 20.0 Å². The van der Waals surface area contributed by atoms with Gasteiger partial charge >= 0.3 is 5.69 Å². The molecule has 3 rings (SSSR count). The lowest BCUT2D eigenvalue weighted by atomic mass is 10.2. The Morgan fingerprint density at radius 3 is 2.65 bits per heavy atom. The number of aromatic nitrogens is 2. The van der Waals surface area contributed by atoms with Crippen molar-refractivity contribution in [1.29, 1.82) is 0 Å². The molecule has 3 N–H and O–H groups in total. The third-order valence-electron chi connectivity index (χ3n) is 4.28. The maximum atomic E-state index is 12.5. The highest BCUT2D eigenvalue weighted by molar-refractivity contribution is 5.96. The summed E-state index contributed by atoms with van der Waals surface area (Å²) >= 11 is 0. The van der Waals surface area contributed by atoms with Crippen molar-refractivity contribution < 1.29 is 9.53 Å². The van der Waals surface area contributed by atoms with Gasteiger partial charge in [0.25, 0.3) is 0 Å². The maximum Gasteiger partial charge on any atom is 0.323 e. The molecule has 0 bridgehead atoms. The Morgan fingerprint density at radius 1 is 1.15 bits per heavy atom. The lowest BCUT2D eigenvalue weighted by Crippen LogP contribution is -2.41. The molecule has 1 aromatic heterocycles. The first-order chi connectivity index (χ1) is 12.5. The summed E-state index contributed by atoms with van der Waals surface area (Å²) in [4.78, 5) is 31.0. The molecule has 0 spiro atoms. The SMILES string of the molecule is CC(C(=O)Nc1ccc2[nH]c(=O)[nH]c2c1)N(C)CCOc1ccccc1. The van der Waals surface area contributed by atoms with Gasteiger partial charge in [0.15, 0.2) is 0 Å². The number of ether oxygens (including phenoxy) is 1. The number of rotatable bonds is 7. The van der Waals surface area contributed by atoms with Gasteiger partial charge in [-0.25, -0.2) is 4.79 Å². The Kier molecular flexibility index (Phi) is 5.38. The number of aromatic amines is 2. The van der Waals surface area contributed by atoms with Crippen LogP contribution in [0.15, 0.2) is 53.3 Å². The summed E-state index contributed by atoms with van der Waals surface area (Å²) < 4.78 is 5.66. The number of carbonyl (C=O) groups excluding carboxylic acids is 1. The fourth-order valence-corrected chi connectivity index (χ4v) is 2.58. The number of fused-ring (bicyclic) bond motifs is 1. The van der Waals surface area contributed by atoms with Crippen molar-refractivity contribution in [3.63, 3.8) is 0 Å². The zero-order valence-electron chi connectivity index (χ0n) is 14.8. The molecule has 0 fully saturated rings. The number of nitrogens with zero attached hydrogens (tertiary/aromatic N) is 1. The maximum absolute atomic E-state index is 12.5. The van der Waals surface area contributed by atoms with E-state index in [4.69, 9.17) is 4.74 Å². The van der Waals surface area contributed by atoms with Crippen LogP contribution < -0.4 is 15.7 Å². The number of carbonyl (C=O) groups is 1. The number of benzene rings is 2. The van der Waals surface area contributed by atoms with E-state index < -0.39 is 0 Å². The Balaban J connectivity index is 1.53. The highest BCUT2D eigenvalue weighted by Gasteiger charge is 2.18. The molecule has 1 unspecified atom stereocenters. The van der Waals surface area contributed by atoms with Crippen LogP contribution in [-0.4, -0.2) is 47.0 Å². The molecular weight excluding hydrogens is 332 g/mol. The zero-order chi connectivity index (χ0) is 18.5. The summed E-state index contributed by atoms with van der Waals surface area (Å²) in [5.41, 5.74) is 1.73. The van der Waals surface area contributed by atoms with Crippen molar-refractivity contribution in [3.8, 4) is 5.75 Å². The van der Waals surface area contributed by atoms with Gasteiger partial charge in [0.2, 0.25) is 5.91 Å². The number of likely N-dealkylation sites (N-methyl/N-ethyl adjacent to an activating group) is 1. The predicted octanol–water partition coefficient (Wildman–Crippen LogP) is 2.19. The molecule has 0 saturated carbocycles. The van der Waals surface area contributed by atoms with Crippen molar-refractivity contribution in [1.82, 2.24) is 14.9 Å². The Morgan fingerprint density at radius 2 is 1.88 bits per heavy atom. The summed E-state index contributed by atoms with van der Waals surface area (Å²) in [6.07, 6.45) is 0. The summed E-state index contributed by atoms with van der Waals surface area (Å²) in [7, 11) is 1.88. The smallest absolute Gasteiger partial charge is 0.323 e. The molecule has 26 heavy (non-hydrogen) atoms. The van der Waals surface area contributed by atoms with Gasteiger partial charge in [0.1, 0.15) is 12.4 Å². The largest absolute Gasteiger partial charge is 0.492 e. The summed E-state index contributed by atoms with van der Waals surface area (Å²) in [5.74, 6) is 0.691. The molecule has 136 valence electrons. The highest BCUT2D eigenvalue weighted by atomic mass is 16.5. The molecule has 1 heterocycles. The standard InChI is InChI=1S/C19H22N4O3/c1-13(23(2)10-11-26-15-6-4-3-5-7-15)18(24)20-14-8-9-16-17(12-14)22-19(25)21-16/h3-9,12-13H,10-11H2,1-2H3,(H,20,24)(H2,21,22,25). The fourth-order valence-electron chi connectivity index (χ4n) is 2.58. The van der Waals surface area contributed by atoms with Crippen LogP contribution in [0.1, 0.15) is 6.92 Å². The second kappa shape index (κ2) is 7.88. The average Bonchev–Trinajstić information content (AvgIpc) is 3.01. The van der Waals surface area contributed by atoms with E-state index in [1.807, 2.05) is 49.2 Å². The zero-order valence-corrected chi connectivity index (χ0v) is 14.8. The number of hydrogen-bond acceptors (Lipinski definition) is 4. The Hall–Kier alpha value is -3.06. The molecule has 0 radical (unpaired) electrons. The minimum Gasteiger partial charge on any atom is -0.492 e. The van der Waals surface area contributed by atoms with Gasteiger partial charge in [-0.3, -0.25) is 9.69 Å². The van der Waals surface area contributed by atoms with E-state index in [2.05, 4.69) is 15.3 Å². The average molecular weight is 354 g/mol. The van der Waals surface area contributed by atoms with E-state index in [0.717, 1.165) is 5.75 Å². The monoisotopic (exact) mass is 354 g/mol. The third-order valence-corrected chi connectivity index (χ3v) is 4.28. The number of H-pyrrole nitrogens is 2. The number of imidazole rings is 1.